The van der Waals surface area contributed by atoms with Gasteiger partial charge in [0.05, 0.1) is 6.61 Å². The van der Waals surface area contributed by atoms with E-state index in [9.17, 15) is 15.0 Å². The molecule has 0 bridgehead atoms. The summed E-state index contributed by atoms with van der Waals surface area (Å²) >= 11 is 0. The number of azide groups is 1. The van der Waals surface area contributed by atoms with Crippen LogP contribution in [0.2, 0.25) is 0 Å². The number of aldehydes is 1. The molecule has 0 saturated heterocycles. The summed E-state index contributed by atoms with van der Waals surface area (Å²) in [6.07, 6.45) is -4.82. The third kappa shape index (κ3) is 4.11. The number of nitrogens with zero attached hydrogens (tertiary/aromatic N) is 3. The van der Waals surface area contributed by atoms with Crippen LogP contribution in [0, 0.1) is 0 Å². The maximum atomic E-state index is 10.4. The van der Waals surface area contributed by atoms with Crippen LogP contribution in [-0.4, -0.2) is 57.7 Å². The molecule has 0 rings (SSSR count). The zero-order valence-electron chi connectivity index (χ0n) is 7.63. The molecule has 0 heterocycles. The Kier molecular flexibility index (Phi) is 6.34. The van der Waals surface area contributed by atoms with Crippen LogP contribution in [-0.2, 0) is 4.79 Å². The molecule has 4 atom stereocenters. The minimum absolute atomic E-state index is 0.201. The molecule has 0 spiro atoms. The molecule has 0 aliphatic heterocycles. The number of aliphatic hydroxyl groups is 4. The zero-order valence-corrected chi connectivity index (χ0v) is 7.63. The predicted molar refractivity (Wildman–Crippen MR) is 47.2 cm³/mol. The number of aliphatic hydroxyl groups excluding tert-OH is 4. The van der Waals surface area contributed by atoms with Gasteiger partial charge in [0.1, 0.15) is 18.3 Å². The number of carbonyl (C=O) groups is 1. The van der Waals surface area contributed by atoms with E-state index in [0.717, 1.165) is 0 Å². The highest BCUT2D eigenvalue weighted by molar-refractivity contribution is 5.58. The Bertz CT molecular complexity index is 244. The lowest BCUT2D eigenvalue weighted by molar-refractivity contribution is -0.120. The van der Waals surface area contributed by atoms with Gasteiger partial charge in [-0.2, -0.15) is 4.91 Å². The molecule has 0 saturated carbocycles. The third-order valence-electron chi connectivity index (χ3n) is 1.70. The first-order chi connectivity index (χ1) is 7.08. The zero-order chi connectivity index (χ0) is 11.8. The Balaban J connectivity index is 4.41. The van der Waals surface area contributed by atoms with Gasteiger partial charge in [-0.15, -0.1) is 5.53 Å². The molecule has 0 aromatic rings. The second-order valence-corrected chi connectivity index (χ2v) is 2.71. The largest absolute Gasteiger partial charge is 0.394 e. The summed E-state index contributed by atoms with van der Waals surface area (Å²) in [7, 11) is 0. The Morgan fingerprint density at radius 1 is 1.40 bits per heavy atom. The van der Waals surface area contributed by atoms with Crippen LogP contribution in [0.4, 0.5) is 0 Å². The van der Waals surface area contributed by atoms with Crippen molar-refractivity contribution in [2.45, 2.75) is 24.4 Å². The van der Waals surface area contributed by atoms with Crippen molar-refractivity contribution in [3.63, 3.8) is 0 Å². The summed E-state index contributed by atoms with van der Waals surface area (Å²) in [5.41, 5.74) is 9.85. The maximum Gasteiger partial charge on any atom is 0.180 e. The van der Waals surface area contributed by atoms with Gasteiger partial charge < -0.3 is 20.4 Å². The van der Waals surface area contributed by atoms with Crippen molar-refractivity contribution in [3.8, 4) is 0 Å². The molecular weight excluding hydrogens is 208 g/mol. The van der Waals surface area contributed by atoms with Gasteiger partial charge in [0.15, 0.2) is 12.3 Å². The van der Waals surface area contributed by atoms with Gasteiger partial charge in [0, 0.05) is 0 Å². The number of rotatable bonds is 7. The van der Waals surface area contributed by atoms with Gasteiger partial charge in [0.2, 0.25) is 0 Å². The summed E-state index contributed by atoms with van der Waals surface area (Å²) in [6, 6.07) is -1.36. The Hall–Kier alpha value is -1.38. The minimum Gasteiger partial charge on any atom is -0.394 e. The van der Waals surface area contributed by atoms with Crippen molar-refractivity contribution in [2.75, 3.05) is 6.61 Å². The third-order valence-corrected chi connectivity index (χ3v) is 1.70. The number of hydrogen-bond donors (Lipinski definition) is 5. The second-order valence-electron chi connectivity index (χ2n) is 2.71. The SMILES string of the molecule is [N-]=[N+]=NN[C@H](C=O)[C@@H](O)[C@H](O)[C@H](O)CO. The average Bonchev–Trinajstić information content (AvgIpc) is 2.27. The predicted octanol–water partition coefficient (Wildman–Crippen LogP) is -2.56. The van der Waals surface area contributed by atoms with Crippen molar-refractivity contribution >= 4 is 6.29 Å². The number of carbonyl (C=O) groups excluding carboxylic acids is 1. The van der Waals surface area contributed by atoms with Crippen LogP contribution in [0.3, 0.4) is 0 Å². The topological polar surface area (TPSA) is 159 Å². The first kappa shape index (κ1) is 13.6. The first-order valence-corrected chi connectivity index (χ1v) is 3.98. The van der Waals surface area contributed by atoms with Crippen LogP contribution >= 0.6 is 0 Å². The quantitative estimate of drug-likeness (QED) is 0.104. The van der Waals surface area contributed by atoms with Gasteiger partial charge in [-0.1, -0.05) is 0 Å². The number of nitrogens with one attached hydrogen (secondary N) is 1. The molecule has 0 unspecified atom stereocenters. The van der Waals surface area contributed by atoms with E-state index >= 15 is 0 Å². The normalized spacial score (nSPS) is 18.1. The van der Waals surface area contributed by atoms with E-state index in [4.69, 9.17) is 15.7 Å². The fraction of sp³-hybridized carbons (Fsp3) is 0.833. The summed E-state index contributed by atoms with van der Waals surface area (Å²) in [5, 5.41) is 38.7. The van der Waals surface area contributed by atoms with Gasteiger partial charge in [0.25, 0.3) is 0 Å². The van der Waals surface area contributed by atoms with Crippen molar-refractivity contribution in [3.05, 3.63) is 10.4 Å². The summed E-state index contributed by atoms with van der Waals surface area (Å²) in [6.45, 7) is -0.772. The van der Waals surface area contributed by atoms with Crippen LogP contribution < -0.4 is 5.43 Å². The second kappa shape index (κ2) is 6.98. The maximum absolute atomic E-state index is 10.4. The van der Waals surface area contributed by atoms with E-state index in [1.165, 1.54) is 0 Å². The molecule has 0 aliphatic rings. The molecule has 86 valence electrons. The molecule has 0 aromatic carbocycles. The molecule has 5 N–H and O–H groups in total. The molecule has 0 aromatic heterocycles. The highest BCUT2D eigenvalue weighted by Gasteiger charge is 2.32. The van der Waals surface area contributed by atoms with Crippen molar-refractivity contribution in [2.24, 2.45) is 5.22 Å². The molecule has 0 radical (unpaired) electrons. The fourth-order valence-electron chi connectivity index (χ4n) is 0.828. The van der Waals surface area contributed by atoms with Gasteiger partial charge in [-0.3, -0.25) is 4.79 Å². The van der Waals surface area contributed by atoms with Crippen LogP contribution in [0.25, 0.3) is 10.4 Å². The highest BCUT2D eigenvalue weighted by atomic mass is 16.4. The van der Waals surface area contributed by atoms with Gasteiger partial charge in [-0.05, 0) is 5.22 Å². The monoisotopic (exact) mass is 220 g/mol. The van der Waals surface area contributed by atoms with E-state index < -0.39 is 31.0 Å². The lowest BCUT2D eigenvalue weighted by atomic mass is 10.0. The average molecular weight is 220 g/mol. The van der Waals surface area contributed by atoms with Gasteiger partial charge >= 0.3 is 0 Å². The van der Waals surface area contributed by atoms with Crippen LogP contribution in [0.5, 0.6) is 0 Å². The highest BCUT2D eigenvalue weighted by Crippen LogP contribution is 2.03. The van der Waals surface area contributed by atoms with E-state index in [1.54, 1.807) is 0 Å². The Morgan fingerprint density at radius 2 is 2.00 bits per heavy atom. The molecule has 9 nitrogen and oxygen atoms in total. The molecular formula is C6H12N4O5. The van der Waals surface area contributed by atoms with E-state index in [2.05, 4.69) is 10.1 Å². The first-order valence-electron chi connectivity index (χ1n) is 3.98. The molecule has 0 amide bonds. The minimum atomic E-state index is -1.73. The standard InChI is InChI=1S/C6H12N4O5/c7-9-10-8-3(1-11)5(14)6(15)4(13)2-12/h1,3-6,8,12-15H,2H2/t3-,4-,5-,6-/m1/s1. The van der Waals surface area contributed by atoms with E-state index in [1.807, 2.05) is 5.43 Å². The van der Waals surface area contributed by atoms with Crippen molar-refractivity contribution in [1.82, 2.24) is 5.43 Å². The molecule has 0 fully saturated rings. The van der Waals surface area contributed by atoms with Crippen LogP contribution in [0.1, 0.15) is 0 Å². The molecule has 15 heavy (non-hydrogen) atoms. The van der Waals surface area contributed by atoms with Crippen LogP contribution in [0.15, 0.2) is 5.22 Å². The summed E-state index contributed by atoms with van der Waals surface area (Å²) < 4.78 is 0. The smallest absolute Gasteiger partial charge is 0.180 e. The Morgan fingerprint density at radius 3 is 2.40 bits per heavy atom. The summed E-state index contributed by atoms with van der Waals surface area (Å²) in [4.78, 5) is 12.7. The lowest BCUT2D eigenvalue weighted by Crippen LogP contribution is -2.50. The van der Waals surface area contributed by atoms with Crippen molar-refractivity contribution in [1.29, 1.82) is 0 Å². The summed E-state index contributed by atoms with van der Waals surface area (Å²) in [5.74, 6) is 0. The number of hydrogen-bond acceptors (Lipinski definition) is 6. The molecule has 0 aliphatic carbocycles. The van der Waals surface area contributed by atoms with Gasteiger partial charge in [-0.25, -0.2) is 5.43 Å². The van der Waals surface area contributed by atoms with E-state index in [0.29, 0.717) is 0 Å². The fourth-order valence-corrected chi connectivity index (χ4v) is 0.828. The van der Waals surface area contributed by atoms with E-state index in [-0.39, 0.29) is 6.29 Å². The lowest BCUT2D eigenvalue weighted by Gasteiger charge is -2.23. The van der Waals surface area contributed by atoms with Crippen molar-refractivity contribution < 1.29 is 25.2 Å². The molecule has 9 heteroatoms. The Labute approximate surface area is 84.6 Å².